The van der Waals surface area contributed by atoms with Gasteiger partial charge in [-0.2, -0.15) is 0 Å². The number of unbranched alkanes of at least 4 members (excludes halogenated alkanes) is 2. The summed E-state index contributed by atoms with van der Waals surface area (Å²) >= 11 is 3.57. The molecule has 1 atom stereocenters. The van der Waals surface area contributed by atoms with E-state index in [0.717, 1.165) is 12.0 Å². The van der Waals surface area contributed by atoms with Crippen LogP contribution in [0.4, 0.5) is 0 Å². The monoisotopic (exact) mass is 323 g/mol. The van der Waals surface area contributed by atoms with Gasteiger partial charge in [0.15, 0.2) is 0 Å². The Balaban J connectivity index is 1.83. The van der Waals surface area contributed by atoms with E-state index in [9.17, 15) is 0 Å². The standard InChI is InChI=1S/C17H26BrN/c1-2-3-4-6-15(13-19-17-9-10-17)11-14-7-5-8-16(18)12-14/h5,7-8,12,15,17,19H,2-4,6,9-11,13H2,1H3. The number of hydrogen-bond acceptors (Lipinski definition) is 1. The highest BCUT2D eigenvalue weighted by Crippen LogP contribution is 2.22. The summed E-state index contributed by atoms with van der Waals surface area (Å²) in [5.41, 5.74) is 1.47. The second-order valence-electron chi connectivity index (χ2n) is 5.88. The van der Waals surface area contributed by atoms with Crippen LogP contribution >= 0.6 is 15.9 Å². The summed E-state index contributed by atoms with van der Waals surface area (Å²) in [6.07, 6.45) is 9.42. The topological polar surface area (TPSA) is 12.0 Å². The molecule has 1 N–H and O–H groups in total. The molecule has 2 heteroatoms. The first-order chi connectivity index (χ1) is 9.28. The predicted molar refractivity (Wildman–Crippen MR) is 86.5 cm³/mol. The van der Waals surface area contributed by atoms with Gasteiger partial charge in [-0.1, -0.05) is 54.2 Å². The number of benzene rings is 1. The Labute approximate surface area is 126 Å². The van der Waals surface area contributed by atoms with Crippen LogP contribution in [0.5, 0.6) is 0 Å². The van der Waals surface area contributed by atoms with Crippen LogP contribution in [0.25, 0.3) is 0 Å². The van der Waals surface area contributed by atoms with E-state index in [1.807, 2.05) is 0 Å². The highest BCUT2D eigenvalue weighted by Gasteiger charge is 2.21. The highest BCUT2D eigenvalue weighted by atomic mass is 79.9. The number of rotatable bonds is 9. The molecule has 0 saturated heterocycles. The first-order valence-corrected chi connectivity index (χ1v) is 8.55. The fraction of sp³-hybridized carbons (Fsp3) is 0.647. The molecule has 1 aromatic carbocycles. The zero-order chi connectivity index (χ0) is 13.5. The SMILES string of the molecule is CCCCCC(CNC1CC1)Cc1cccc(Br)c1. The lowest BCUT2D eigenvalue weighted by Gasteiger charge is -2.18. The van der Waals surface area contributed by atoms with Gasteiger partial charge in [0.05, 0.1) is 0 Å². The molecule has 1 aliphatic carbocycles. The molecule has 1 aromatic rings. The summed E-state index contributed by atoms with van der Waals surface area (Å²) in [7, 11) is 0. The van der Waals surface area contributed by atoms with Crippen molar-refractivity contribution in [3.05, 3.63) is 34.3 Å². The van der Waals surface area contributed by atoms with E-state index in [0.29, 0.717) is 0 Å². The maximum absolute atomic E-state index is 3.71. The Morgan fingerprint density at radius 2 is 2.16 bits per heavy atom. The molecule has 0 radical (unpaired) electrons. The van der Waals surface area contributed by atoms with Gasteiger partial charge in [0, 0.05) is 10.5 Å². The molecule has 1 aliphatic rings. The number of hydrogen-bond donors (Lipinski definition) is 1. The predicted octanol–water partition coefficient (Wildman–Crippen LogP) is 4.94. The Bertz CT molecular complexity index is 373. The minimum Gasteiger partial charge on any atom is -0.314 e. The number of nitrogens with one attached hydrogen (secondary N) is 1. The van der Waals surface area contributed by atoms with Gasteiger partial charge in [0.1, 0.15) is 0 Å². The maximum atomic E-state index is 3.71. The summed E-state index contributed by atoms with van der Waals surface area (Å²) in [4.78, 5) is 0. The second kappa shape index (κ2) is 8.06. The molecule has 1 saturated carbocycles. The van der Waals surface area contributed by atoms with Crippen molar-refractivity contribution >= 4 is 15.9 Å². The third-order valence-corrected chi connectivity index (χ3v) is 4.40. The van der Waals surface area contributed by atoms with Gasteiger partial charge in [-0.15, -0.1) is 0 Å². The van der Waals surface area contributed by atoms with Gasteiger partial charge in [0.25, 0.3) is 0 Å². The molecular formula is C17H26BrN. The highest BCUT2D eigenvalue weighted by molar-refractivity contribution is 9.10. The van der Waals surface area contributed by atoms with E-state index >= 15 is 0 Å². The molecule has 1 fully saturated rings. The maximum Gasteiger partial charge on any atom is 0.0177 e. The molecule has 0 amide bonds. The van der Waals surface area contributed by atoms with Crippen LogP contribution in [0, 0.1) is 5.92 Å². The second-order valence-corrected chi connectivity index (χ2v) is 6.79. The normalized spacial score (nSPS) is 16.5. The zero-order valence-electron chi connectivity index (χ0n) is 12.0. The van der Waals surface area contributed by atoms with E-state index in [2.05, 4.69) is 52.4 Å². The van der Waals surface area contributed by atoms with Crippen LogP contribution in [0.2, 0.25) is 0 Å². The zero-order valence-corrected chi connectivity index (χ0v) is 13.6. The van der Waals surface area contributed by atoms with Crippen molar-refractivity contribution in [3.63, 3.8) is 0 Å². The molecule has 0 spiro atoms. The van der Waals surface area contributed by atoms with Crippen LogP contribution in [0.15, 0.2) is 28.7 Å². The minimum atomic E-state index is 0.793. The van der Waals surface area contributed by atoms with Gasteiger partial charge in [-0.25, -0.2) is 0 Å². The quantitative estimate of drug-likeness (QED) is 0.634. The molecule has 0 heterocycles. The summed E-state index contributed by atoms with van der Waals surface area (Å²) in [6.45, 7) is 3.48. The largest absolute Gasteiger partial charge is 0.314 e. The first-order valence-electron chi connectivity index (χ1n) is 7.75. The van der Waals surface area contributed by atoms with Gasteiger partial charge in [0.2, 0.25) is 0 Å². The van der Waals surface area contributed by atoms with E-state index in [4.69, 9.17) is 0 Å². The first kappa shape index (κ1) is 15.1. The van der Waals surface area contributed by atoms with E-state index in [-0.39, 0.29) is 0 Å². The molecule has 2 rings (SSSR count). The Hall–Kier alpha value is -0.340. The summed E-state index contributed by atoms with van der Waals surface area (Å²) in [5.74, 6) is 0.793. The Morgan fingerprint density at radius 3 is 2.84 bits per heavy atom. The molecule has 1 unspecified atom stereocenters. The lowest BCUT2D eigenvalue weighted by molar-refractivity contribution is 0.422. The van der Waals surface area contributed by atoms with Crippen LogP contribution in [-0.2, 0) is 6.42 Å². The van der Waals surface area contributed by atoms with Gasteiger partial charge < -0.3 is 5.32 Å². The van der Waals surface area contributed by atoms with E-state index in [1.54, 1.807) is 0 Å². The molecule has 0 aromatic heterocycles. The fourth-order valence-corrected chi connectivity index (χ4v) is 3.02. The lowest BCUT2D eigenvalue weighted by atomic mass is 9.93. The lowest BCUT2D eigenvalue weighted by Crippen LogP contribution is -2.26. The molecule has 19 heavy (non-hydrogen) atoms. The van der Waals surface area contributed by atoms with E-state index in [1.165, 1.54) is 61.5 Å². The minimum absolute atomic E-state index is 0.793. The van der Waals surface area contributed by atoms with Crippen molar-refractivity contribution in [2.45, 2.75) is 57.9 Å². The van der Waals surface area contributed by atoms with Crippen molar-refractivity contribution in [3.8, 4) is 0 Å². The fourth-order valence-electron chi connectivity index (χ4n) is 2.58. The van der Waals surface area contributed by atoms with Crippen molar-refractivity contribution in [1.29, 1.82) is 0 Å². The molecular weight excluding hydrogens is 298 g/mol. The summed E-state index contributed by atoms with van der Waals surface area (Å²) < 4.78 is 1.20. The Morgan fingerprint density at radius 1 is 1.32 bits per heavy atom. The van der Waals surface area contributed by atoms with Crippen LogP contribution in [-0.4, -0.2) is 12.6 Å². The average molecular weight is 324 g/mol. The van der Waals surface area contributed by atoms with Crippen LogP contribution in [0.3, 0.4) is 0 Å². The molecule has 1 nitrogen and oxygen atoms in total. The van der Waals surface area contributed by atoms with Crippen molar-refractivity contribution in [2.24, 2.45) is 5.92 Å². The molecule has 106 valence electrons. The molecule has 0 aliphatic heterocycles. The van der Waals surface area contributed by atoms with Crippen molar-refractivity contribution in [1.82, 2.24) is 5.32 Å². The van der Waals surface area contributed by atoms with Crippen molar-refractivity contribution < 1.29 is 0 Å². The van der Waals surface area contributed by atoms with Gasteiger partial charge in [-0.05, 0) is 55.8 Å². The third kappa shape index (κ3) is 6.09. The van der Waals surface area contributed by atoms with Crippen LogP contribution in [0.1, 0.15) is 51.0 Å². The average Bonchev–Trinajstić information content (AvgIpc) is 3.20. The van der Waals surface area contributed by atoms with E-state index < -0.39 is 0 Å². The van der Waals surface area contributed by atoms with Gasteiger partial charge in [-0.3, -0.25) is 0 Å². The van der Waals surface area contributed by atoms with Crippen molar-refractivity contribution in [2.75, 3.05) is 6.54 Å². The smallest absolute Gasteiger partial charge is 0.0177 e. The summed E-state index contributed by atoms with van der Waals surface area (Å²) in [6, 6.07) is 9.62. The third-order valence-electron chi connectivity index (χ3n) is 3.90. The summed E-state index contributed by atoms with van der Waals surface area (Å²) in [5, 5.41) is 3.71. The van der Waals surface area contributed by atoms with Crippen LogP contribution < -0.4 is 5.32 Å². The Kier molecular flexibility index (Phi) is 6.39. The molecule has 0 bridgehead atoms. The number of halogens is 1. The van der Waals surface area contributed by atoms with Gasteiger partial charge >= 0.3 is 0 Å².